The predicted molar refractivity (Wildman–Crippen MR) is 128 cm³/mol. The average Bonchev–Trinajstić information content (AvgIpc) is 3.34. The third-order valence-electron chi connectivity index (χ3n) is 10.6. The Hall–Kier alpha value is -0.650. The Kier molecular flexibility index (Phi) is 6.16. The van der Waals surface area contributed by atoms with Gasteiger partial charge < -0.3 is 9.84 Å². The van der Waals surface area contributed by atoms with E-state index in [9.17, 15) is 9.90 Å². The van der Waals surface area contributed by atoms with Crippen LogP contribution in [0.25, 0.3) is 0 Å². The molecule has 1 N–H and O–H groups in total. The van der Waals surface area contributed by atoms with Gasteiger partial charge in [0.2, 0.25) is 0 Å². The Morgan fingerprint density at radius 1 is 1.19 bits per heavy atom. The molecular weight excluding hydrogens is 442 g/mol. The van der Waals surface area contributed by atoms with Crippen molar-refractivity contribution < 1.29 is 14.6 Å². The number of rotatable bonds is 4. The van der Waals surface area contributed by atoms with Crippen molar-refractivity contribution >= 4 is 28.9 Å². The van der Waals surface area contributed by atoms with E-state index in [0.29, 0.717) is 34.1 Å². The highest BCUT2D eigenvalue weighted by atomic mass is 35.5. The van der Waals surface area contributed by atoms with E-state index >= 15 is 0 Å². The normalized spacial score (nSPS) is 44.3. The summed E-state index contributed by atoms with van der Waals surface area (Å²) >= 11 is 7.57. The maximum Gasteiger partial charge on any atom is 0.309 e. The quantitative estimate of drug-likeness (QED) is 0.526. The van der Waals surface area contributed by atoms with Gasteiger partial charge in [0.1, 0.15) is 0 Å². The fourth-order valence-corrected chi connectivity index (χ4v) is 10.1. The number of methoxy groups -OCH3 is 1. The van der Waals surface area contributed by atoms with E-state index in [0.717, 1.165) is 36.0 Å². The van der Waals surface area contributed by atoms with E-state index in [4.69, 9.17) is 16.3 Å². The summed E-state index contributed by atoms with van der Waals surface area (Å²) in [5.74, 6) is 3.12. The molecule has 32 heavy (non-hydrogen) atoms. The molecule has 4 aliphatic rings. The van der Waals surface area contributed by atoms with Gasteiger partial charge in [-0.15, -0.1) is 11.3 Å². The van der Waals surface area contributed by atoms with Crippen LogP contribution in [0.3, 0.4) is 0 Å². The lowest BCUT2D eigenvalue weighted by atomic mass is 9.44. The molecule has 1 aromatic rings. The molecule has 4 fully saturated rings. The number of halogens is 1. The van der Waals surface area contributed by atoms with Gasteiger partial charge in [0.15, 0.2) is 4.47 Å². The third kappa shape index (κ3) is 3.65. The van der Waals surface area contributed by atoms with E-state index in [2.05, 4.69) is 18.8 Å². The number of aromatic nitrogens is 1. The number of hydrogen-bond donors (Lipinski definition) is 1. The second kappa shape index (κ2) is 8.53. The molecule has 0 aromatic carbocycles. The molecule has 0 unspecified atom stereocenters. The first-order valence-corrected chi connectivity index (χ1v) is 13.8. The van der Waals surface area contributed by atoms with Gasteiger partial charge in [-0.3, -0.25) is 4.79 Å². The Bertz CT molecular complexity index is 860. The van der Waals surface area contributed by atoms with Crippen LogP contribution in [0, 0.1) is 46.3 Å². The van der Waals surface area contributed by atoms with Crippen LogP contribution in [-0.2, 0) is 16.0 Å². The SMILES string of the molecule is COC(=O)[C@H](Cc1cnc(Cl)s1)[C@H]1CC[C@H]2[C@@H]3CC[C@H]4C[C@@H](O)CC[C@]4(C)[C@H]3CC[C@]12C. The van der Waals surface area contributed by atoms with Crippen LogP contribution in [0.1, 0.15) is 76.5 Å². The summed E-state index contributed by atoms with van der Waals surface area (Å²) in [7, 11) is 1.53. The van der Waals surface area contributed by atoms with E-state index in [1.807, 2.05) is 6.20 Å². The largest absolute Gasteiger partial charge is 0.469 e. The van der Waals surface area contributed by atoms with Crippen molar-refractivity contribution in [1.29, 1.82) is 0 Å². The number of carbonyl (C=O) groups excluding carboxylic acids is 1. The van der Waals surface area contributed by atoms with Crippen molar-refractivity contribution in [2.75, 3.05) is 7.11 Å². The minimum absolute atomic E-state index is 0.0690. The summed E-state index contributed by atoms with van der Waals surface area (Å²) in [4.78, 5) is 18.3. The van der Waals surface area contributed by atoms with Crippen LogP contribution in [0.15, 0.2) is 6.20 Å². The van der Waals surface area contributed by atoms with Crippen LogP contribution in [0.5, 0.6) is 0 Å². The minimum atomic E-state index is -0.111. The van der Waals surface area contributed by atoms with Crippen molar-refractivity contribution in [3.8, 4) is 0 Å². The topological polar surface area (TPSA) is 59.4 Å². The molecule has 0 bridgehead atoms. The highest BCUT2D eigenvalue weighted by molar-refractivity contribution is 7.15. The number of aliphatic hydroxyl groups excluding tert-OH is 1. The molecule has 0 aliphatic heterocycles. The average molecular weight is 480 g/mol. The molecule has 4 saturated carbocycles. The number of esters is 1. The zero-order chi connectivity index (χ0) is 22.7. The standard InChI is InChI=1S/C26H38ClNO3S/c1-25-10-8-16(29)12-15(25)4-5-18-20-6-7-21(26(20,2)11-9-22(18)25)19(23(30)31-3)13-17-14-28-24(27)32-17/h14-16,18-22,29H,4-13H2,1-3H3/t15-,16-,18-,19+,20-,21+,22-,25-,26-/m0/s1. The molecule has 0 radical (unpaired) electrons. The first kappa shape index (κ1) is 23.1. The number of hydrogen-bond acceptors (Lipinski definition) is 5. The molecule has 0 saturated heterocycles. The van der Waals surface area contributed by atoms with Crippen LogP contribution >= 0.6 is 22.9 Å². The molecule has 178 valence electrons. The van der Waals surface area contributed by atoms with Crippen LogP contribution in [0.2, 0.25) is 4.47 Å². The second-order valence-corrected chi connectivity index (χ2v) is 13.4. The summed E-state index contributed by atoms with van der Waals surface area (Å²) in [6.07, 6.45) is 13.0. The lowest BCUT2D eigenvalue weighted by Gasteiger charge is -2.61. The summed E-state index contributed by atoms with van der Waals surface area (Å²) < 4.78 is 5.86. The number of ether oxygens (including phenoxy) is 1. The van der Waals surface area contributed by atoms with Gasteiger partial charge in [0, 0.05) is 11.1 Å². The first-order valence-electron chi connectivity index (χ1n) is 12.6. The molecule has 6 heteroatoms. The lowest BCUT2D eigenvalue weighted by Crippen LogP contribution is -2.54. The van der Waals surface area contributed by atoms with E-state index in [1.165, 1.54) is 57.0 Å². The van der Waals surface area contributed by atoms with E-state index in [-0.39, 0.29) is 23.4 Å². The van der Waals surface area contributed by atoms with Crippen LogP contribution in [0.4, 0.5) is 0 Å². The van der Waals surface area contributed by atoms with Gasteiger partial charge in [0.05, 0.1) is 19.1 Å². The van der Waals surface area contributed by atoms with E-state index in [1.54, 1.807) is 0 Å². The van der Waals surface area contributed by atoms with Gasteiger partial charge >= 0.3 is 5.97 Å². The Labute approximate surface area is 201 Å². The number of carbonyl (C=O) groups is 1. The lowest BCUT2D eigenvalue weighted by molar-refractivity contribution is -0.154. The van der Waals surface area contributed by atoms with Crippen molar-refractivity contribution in [2.45, 2.75) is 84.2 Å². The number of nitrogens with zero attached hydrogens (tertiary/aromatic N) is 1. The molecule has 0 spiro atoms. The number of thiazole rings is 1. The Morgan fingerprint density at radius 2 is 1.94 bits per heavy atom. The third-order valence-corrected chi connectivity index (χ3v) is 11.8. The maximum absolute atomic E-state index is 13.0. The summed E-state index contributed by atoms with van der Waals surface area (Å²) in [5.41, 5.74) is 0.592. The number of fused-ring (bicyclic) bond motifs is 5. The summed E-state index contributed by atoms with van der Waals surface area (Å²) in [6, 6.07) is 0. The monoisotopic (exact) mass is 479 g/mol. The highest BCUT2D eigenvalue weighted by Gasteiger charge is 2.61. The van der Waals surface area contributed by atoms with Crippen LogP contribution in [-0.4, -0.2) is 29.3 Å². The van der Waals surface area contributed by atoms with Crippen LogP contribution < -0.4 is 0 Å². The fourth-order valence-electron chi connectivity index (χ4n) is 9.07. The van der Waals surface area contributed by atoms with Gasteiger partial charge in [0.25, 0.3) is 0 Å². The van der Waals surface area contributed by atoms with E-state index < -0.39 is 0 Å². The fraction of sp³-hybridized carbons (Fsp3) is 0.846. The molecular formula is C26H38ClNO3S. The first-order chi connectivity index (χ1) is 15.3. The van der Waals surface area contributed by atoms with Gasteiger partial charge in [-0.2, -0.15) is 0 Å². The second-order valence-electron chi connectivity index (χ2n) is 11.7. The highest BCUT2D eigenvalue weighted by Crippen LogP contribution is 2.68. The van der Waals surface area contributed by atoms with Gasteiger partial charge in [-0.25, -0.2) is 4.98 Å². The minimum Gasteiger partial charge on any atom is -0.469 e. The van der Waals surface area contributed by atoms with Crippen molar-refractivity contribution in [2.24, 2.45) is 46.3 Å². The Balaban J connectivity index is 1.39. The summed E-state index contributed by atoms with van der Waals surface area (Å²) in [5, 5.41) is 10.3. The van der Waals surface area contributed by atoms with Crippen molar-refractivity contribution in [1.82, 2.24) is 4.98 Å². The molecule has 1 aromatic heterocycles. The zero-order valence-corrected chi connectivity index (χ0v) is 21.3. The Morgan fingerprint density at radius 3 is 2.66 bits per heavy atom. The maximum atomic E-state index is 13.0. The zero-order valence-electron chi connectivity index (χ0n) is 19.7. The van der Waals surface area contributed by atoms with Gasteiger partial charge in [-0.1, -0.05) is 25.4 Å². The molecule has 1 heterocycles. The molecule has 9 atom stereocenters. The van der Waals surface area contributed by atoms with Crippen molar-refractivity contribution in [3.05, 3.63) is 15.5 Å². The molecule has 4 nitrogen and oxygen atoms in total. The van der Waals surface area contributed by atoms with Crippen molar-refractivity contribution in [3.63, 3.8) is 0 Å². The smallest absolute Gasteiger partial charge is 0.309 e. The molecule has 4 aliphatic carbocycles. The molecule has 0 amide bonds. The summed E-state index contributed by atoms with van der Waals surface area (Å²) in [6.45, 7) is 5.03. The number of aliphatic hydroxyl groups is 1. The van der Waals surface area contributed by atoms with Gasteiger partial charge in [-0.05, 0) is 105 Å². The molecule has 5 rings (SSSR count). The predicted octanol–water partition coefficient (Wildman–Crippen LogP) is 6.15.